The molecule has 0 amide bonds. The zero-order valence-corrected chi connectivity index (χ0v) is 10.4. The van der Waals surface area contributed by atoms with Crippen LogP contribution < -0.4 is 4.89 Å². The summed E-state index contributed by atoms with van der Waals surface area (Å²) >= 11 is 0. The molecule has 0 aromatic carbocycles. The quantitative estimate of drug-likeness (QED) is 0.342. The van der Waals surface area contributed by atoms with Gasteiger partial charge in [0.15, 0.2) is 7.60 Å². The standard InChI is InChI=1S/C5H15NO7P2/c1-6(2,3)4-5(7,14(8,9)10)15(11,12)13/h7H,4H2,1-3H3,(H3-,8,9,10,11,12,13). The number of hydrogen-bond acceptors (Lipinski definition) is 4. The fraction of sp³-hybridized carbons (Fsp3) is 1.00. The smallest absolute Gasteiger partial charge is 0.371 e. The van der Waals surface area contributed by atoms with E-state index in [0.29, 0.717) is 0 Å². The molecule has 0 aromatic rings. The molecule has 15 heavy (non-hydrogen) atoms. The molecule has 0 aliphatic carbocycles. The second-order valence-corrected chi connectivity index (χ2v) is 8.25. The third-order valence-electron chi connectivity index (χ3n) is 1.61. The van der Waals surface area contributed by atoms with Crippen molar-refractivity contribution in [2.24, 2.45) is 0 Å². The number of hydrogen-bond donors (Lipinski definition) is 4. The molecule has 0 spiro atoms. The van der Waals surface area contributed by atoms with E-state index in [2.05, 4.69) is 0 Å². The number of rotatable bonds is 4. The van der Waals surface area contributed by atoms with Crippen LogP contribution >= 0.6 is 15.2 Å². The lowest BCUT2D eigenvalue weighted by Gasteiger charge is -2.40. The predicted molar refractivity (Wildman–Crippen MR) is 49.7 cm³/mol. The first-order valence-electron chi connectivity index (χ1n) is 3.83. The van der Waals surface area contributed by atoms with Crippen molar-refractivity contribution in [1.82, 2.24) is 0 Å². The van der Waals surface area contributed by atoms with Gasteiger partial charge in [-0.2, -0.15) is 0 Å². The van der Waals surface area contributed by atoms with Crippen LogP contribution in [0, 0.1) is 0 Å². The summed E-state index contributed by atoms with van der Waals surface area (Å²) in [5.41, 5.74) is 0. The lowest BCUT2D eigenvalue weighted by Crippen LogP contribution is -2.50. The van der Waals surface area contributed by atoms with Crippen LogP contribution in [0.4, 0.5) is 0 Å². The summed E-state index contributed by atoms with van der Waals surface area (Å²) in [6.45, 7) is -0.825. The summed E-state index contributed by atoms with van der Waals surface area (Å²) in [6.07, 6.45) is 0. The van der Waals surface area contributed by atoms with Crippen molar-refractivity contribution < 1.29 is 38.3 Å². The van der Waals surface area contributed by atoms with Gasteiger partial charge in [-0.15, -0.1) is 0 Å². The normalized spacial score (nSPS) is 21.9. The van der Waals surface area contributed by atoms with Gasteiger partial charge in [0.05, 0.1) is 21.1 Å². The Kier molecular flexibility index (Phi) is 3.96. The highest BCUT2D eigenvalue weighted by molar-refractivity contribution is 7.71. The fourth-order valence-electron chi connectivity index (χ4n) is 0.982. The van der Waals surface area contributed by atoms with E-state index < -0.39 is 26.8 Å². The van der Waals surface area contributed by atoms with E-state index in [1.165, 1.54) is 21.1 Å². The Morgan fingerprint density at radius 2 is 1.53 bits per heavy atom. The van der Waals surface area contributed by atoms with Crippen molar-refractivity contribution in [3.8, 4) is 0 Å². The highest BCUT2D eigenvalue weighted by Crippen LogP contribution is 2.65. The Bertz CT molecular complexity index is 301. The van der Waals surface area contributed by atoms with E-state index in [0.717, 1.165) is 0 Å². The second kappa shape index (κ2) is 3.91. The zero-order valence-electron chi connectivity index (χ0n) is 8.56. The van der Waals surface area contributed by atoms with Gasteiger partial charge in [0.1, 0.15) is 6.54 Å². The maximum Gasteiger partial charge on any atom is 0.371 e. The molecule has 0 aliphatic rings. The van der Waals surface area contributed by atoms with Gasteiger partial charge in [-0.3, -0.25) is 4.57 Å². The van der Waals surface area contributed by atoms with Crippen LogP contribution in [0.25, 0.3) is 0 Å². The van der Waals surface area contributed by atoms with Crippen molar-refractivity contribution in [2.45, 2.75) is 5.08 Å². The van der Waals surface area contributed by atoms with E-state index in [-0.39, 0.29) is 4.48 Å². The minimum atomic E-state index is -5.58. The first-order chi connectivity index (χ1) is 6.21. The van der Waals surface area contributed by atoms with E-state index in [4.69, 9.17) is 14.7 Å². The third-order valence-corrected chi connectivity index (χ3v) is 5.27. The molecule has 10 heteroatoms. The number of aliphatic hydroxyl groups is 1. The summed E-state index contributed by atoms with van der Waals surface area (Å²) in [5.74, 6) is 0. The molecule has 0 bridgehead atoms. The van der Waals surface area contributed by atoms with Crippen LogP contribution in [-0.4, -0.2) is 57.0 Å². The Morgan fingerprint density at radius 1 is 1.20 bits per heavy atom. The largest absolute Gasteiger partial charge is 0.776 e. The molecule has 2 unspecified atom stereocenters. The second-order valence-electron chi connectivity index (χ2n) is 4.29. The Morgan fingerprint density at radius 3 is 1.60 bits per heavy atom. The van der Waals surface area contributed by atoms with Gasteiger partial charge in [0, 0.05) is 0 Å². The molecule has 8 nitrogen and oxygen atoms in total. The van der Waals surface area contributed by atoms with Crippen LogP contribution in [0.15, 0.2) is 0 Å². The summed E-state index contributed by atoms with van der Waals surface area (Å²) in [4.78, 5) is 37.0. The van der Waals surface area contributed by atoms with Gasteiger partial charge in [-0.1, -0.05) is 0 Å². The van der Waals surface area contributed by atoms with E-state index >= 15 is 0 Å². The summed E-state index contributed by atoms with van der Waals surface area (Å²) in [5, 5.41) is 5.97. The van der Waals surface area contributed by atoms with Crippen molar-refractivity contribution in [3.05, 3.63) is 0 Å². The summed E-state index contributed by atoms with van der Waals surface area (Å²) in [7, 11) is -6.73. The van der Waals surface area contributed by atoms with Gasteiger partial charge in [0.2, 0.25) is 0 Å². The Hall–Kier alpha value is 0.220. The minimum absolute atomic E-state index is 0.242. The van der Waals surface area contributed by atoms with Crippen LogP contribution in [0.2, 0.25) is 0 Å². The van der Waals surface area contributed by atoms with E-state index in [1.807, 2.05) is 0 Å². The van der Waals surface area contributed by atoms with Crippen LogP contribution in [-0.2, 0) is 9.13 Å². The third kappa shape index (κ3) is 3.62. The maximum absolute atomic E-state index is 10.9. The highest BCUT2D eigenvalue weighted by atomic mass is 31.2. The number of nitrogens with zero attached hydrogens (tertiary/aromatic N) is 1. The molecule has 92 valence electrons. The first-order valence-corrected chi connectivity index (χ1v) is 7.02. The molecule has 0 rings (SSSR count). The van der Waals surface area contributed by atoms with Crippen LogP contribution in [0.3, 0.4) is 0 Å². The van der Waals surface area contributed by atoms with E-state index in [9.17, 15) is 19.1 Å². The van der Waals surface area contributed by atoms with Gasteiger partial charge in [-0.25, -0.2) is 0 Å². The van der Waals surface area contributed by atoms with Gasteiger partial charge < -0.3 is 33.7 Å². The lowest BCUT2D eigenvalue weighted by atomic mass is 10.5. The van der Waals surface area contributed by atoms with Gasteiger partial charge in [-0.05, 0) is 0 Å². The zero-order chi connectivity index (χ0) is 12.7. The molecule has 0 fully saturated rings. The van der Waals surface area contributed by atoms with E-state index in [1.54, 1.807) is 0 Å². The van der Waals surface area contributed by atoms with Crippen LogP contribution in [0.5, 0.6) is 0 Å². The van der Waals surface area contributed by atoms with Gasteiger partial charge >= 0.3 is 7.60 Å². The van der Waals surface area contributed by atoms with Crippen molar-refractivity contribution in [2.75, 3.05) is 27.7 Å². The topological polar surface area (TPSA) is 138 Å². The average molecular weight is 263 g/mol. The van der Waals surface area contributed by atoms with Crippen LogP contribution in [0.1, 0.15) is 0 Å². The average Bonchev–Trinajstić information content (AvgIpc) is 1.77. The SMILES string of the molecule is C[N+](C)(C)CC(O)(P(=O)([O-])O)P(=O)(O)O. The highest BCUT2D eigenvalue weighted by Gasteiger charge is 2.57. The predicted octanol–water partition coefficient (Wildman–Crippen LogP) is -1.94. The molecule has 0 heterocycles. The monoisotopic (exact) mass is 263 g/mol. The molecule has 0 radical (unpaired) electrons. The number of quaternary nitrogens is 1. The van der Waals surface area contributed by atoms with Crippen molar-refractivity contribution in [3.63, 3.8) is 0 Å². The molecule has 0 saturated heterocycles. The fourth-order valence-corrected chi connectivity index (χ4v) is 3.51. The molecular weight excluding hydrogens is 248 g/mol. The van der Waals surface area contributed by atoms with Crippen molar-refractivity contribution >= 4 is 15.2 Å². The molecular formula is C5H15NO7P2. The molecule has 4 N–H and O–H groups in total. The van der Waals surface area contributed by atoms with Crippen molar-refractivity contribution in [1.29, 1.82) is 0 Å². The summed E-state index contributed by atoms with van der Waals surface area (Å²) in [6, 6.07) is 0. The molecule has 0 aliphatic heterocycles. The molecule has 0 saturated carbocycles. The lowest BCUT2D eigenvalue weighted by molar-refractivity contribution is -0.873. The molecule has 2 atom stereocenters. The maximum atomic E-state index is 10.9. The minimum Gasteiger partial charge on any atom is -0.776 e. The first kappa shape index (κ1) is 15.2. The number of likely N-dealkylation sites (N-methyl/N-ethyl adjacent to an activating group) is 1. The summed E-state index contributed by atoms with van der Waals surface area (Å²) < 4.78 is 21.4. The van der Waals surface area contributed by atoms with Gasteiger partial charge in [0.25, 0.3) is 5.08 Å². The Balaban J connectivity index is 5.46. The Labute approximate surface area is 87.1 Å². The molecule has 0 aromatic heterocycles.